The fourth-order valence-corrected chi connectivity index (χ4v) is 2.46. The molecule has 0 unspecified atom stereocenters. The molecule has 1 heterocycles. The summed E-state index contributed by atoms with van der Waals surface area (Å²) in [5.74, 6) is 0.378. The Morgan fingerprint density at radius 3 is 2.44 bits per heavy atom. The van der Waals surface area contributed by atoms with Gasteiger partial charge < -0.3 is 5.32 Å². The number of hydrogen-bond donors (Lipinski definition) is 1. The van der Waals surface area contributed by atoms with Crippen molar-refractivity contribution >= 4 is 40.7 Å². The van der Waals surface area contributed by atoms with Crippen LogP contribution in [-0.2, 0) is 0 Å². The van der Waals surface area contributed by atoms with Crippen LogP contribution in [0.3, 0.4) is 0 Å². The molecule has 0 saturated heterocycles. The van der Waals surface area contributed by atoms with Gasteiger partial charge in [0.15, 0.2) is 5.78 Å². The maximum Gasteiger partial charge on any atom is 0.269 e. The number of nitrogens with one attached hydrogen (secondary N) is 1. The van der Waals surface area contributed by atoms with Gasteiger partial charge >= 0.3 is 0 Å². The molecule has 3 aromatic rings. The maximum absolute atomic E-state index is 12.3. The minimum absolute atomic E-state index is 0.00949. The van der Waals surface area contributed by atoms with Gasteiger partial charge in [-0.25, -0.2) is 4.98 Å². The summed E-state index contributed by atoms with van der Waals surface area (Å²) in [6.07, 6.45) is 4.74. The number of pyridine rings is 1. The summed E-state index contributed by atoms with van der Waals surface area (Å²) in [6, 6.07) is 16.2. The van der Waals surface area contributed by atoms with E-state index < -0.39 is 4.92 Å². The van der Waals surface area contributed by atoms with Crippen molar-refractivity contribution in [2.75, 3.05) is 5.32 Å². The van der Waals surface area contributed by atoms with Gasteiger partial charge in [0.1, 0.15) is 5.82 Å². The Bertz CT molecular complexity index is 1000. The predicted molar refractivity (Wildman–Crippen MR) is 105 cm³/mol. The average molecular weight is 380 g/mol. The first-order valence-electron chi connectivity index (χ1n) is 7.97. The Morgan fingerprint density at radius 1 is 1.07 bits per heavy atom. The van der Waals surface area contributed by atoms with Crippen LogP contribution < -0.4 is 5.32 Å². The van der Waals surface area contributed by atoms with E-state index in [-0.39, 0.29) is 11.5 Å². The first kappa shape index (κ1) is 18.3. The second-order valence-corrected chi connectivity index (χ2v) is 6.01. The first-order valence-corrected chi connectivity index (χ1v) is 8.35. The number of nitrogens with zero attached hydrogens (tertiary/aromatic N) is 2. The van der Waals surface area contributed by atoms with Gasteiger partial charge in [-0.2, -0.15) is 0 Å². The Hall–Kier alpha value is -3.51. The largest absolute Gasteiger partial charge is 0.340 e. The highest BCUT2D eigenvalue weighted by atomic mass is 35.5. The van der Waals surface area contributed by atoms with Crippen molar-refractivity contribution < 1.29 is 9.72 Å². The number of carbonyl (C=O) groups excluding carboxylic acids is 1. The topological polar surface area (TPSA) is 85.1 Å². The summed E-state index contributed by atoms with van der Waals surface area (Å²) in [7, 11) is 0. The molecule has 27 heavy (non-hydrogen) atoms. The molecular formula is C20H14ClN3O3. The Balaban J connectivity index is 1.78. The molecule has 0 aliphatic heterocycles. The molecule has 0 saturated carbocycles. The summed E-state index contributed by atoms with van der Waals surface area (Å²) in [6.45, 7) is 0. The highest BCUT2D eigenvalue weighted by molar-refractivity contribution is 6.30. The average Bonchev–Trinajstić information content (AvgIpc) is 2.68. The van der Waals surface area contributed by atoms with Gasteiger partial charge in [-0.1, -0.05) is 11.6 Å². The highest BCUT2D eigenvalue weighted by Gasteiger charge is 2.07. The number of hydrogen-bond acceptors (Lipinski definition) is 5. The lowest BCUT2D eigenvalue weighted by Crippen LogP contribution is -1.97. The van der Waals surface area contributed by atoms with Crippen molar-refractivity contribution in [3.63, 3.8) is 0 Å². The third-order valence-corrected chi connectivity index (χ3v) is 3.97. The third-order valence-electron chi connectivity index (χ3n) is 3.72. The van der Waals surface area contributed by atoms with E-state index in [0.29, 0.717) is 27.7 Å². The summed E-state index contributed by atoms with van der Waals surface area (Å²) >= 11 is 5.83. The van der Waals surface area contributed by atoms with Crippen LogP contribution in [0.15, 0.2) is 72.9 Å². The van der Waals surface area contributed by atoms with E-state index in [1.54, 1.807) is 54.7 Å². The maximum atomic E-state index is 12.3. The van der Waals surface area contributed by atoms with Gasteiger partial charge in [0.25, 0.3) is 5.69 Å². The smallest absolute Gasteiger partial charge is 0.269 e. The molecule has 7 heteroatoms. The molecule has 1 N–H and O–H groups in total. The fourth-order valence-electron chi connectivity index (χ4n) is 2.34. The van der Waals surface area contributed by atoms with Gasteiger partial charge in [0.05, 0.1) is 4.92 Å². The van der Waals surface area contributed by atoms with E-state index in [1.807, 2.05) is 6.07 Å². The summed E-state index contributed by atoms with van der Waals surface area (Å²) < 4.78 is 0. The lowest BCUT2D eigenvalue weighted by molar-refractivity contribution is -0.384. The SMILES string of the molecule is O=C(C=Cc1cccnc1Nc1ccc([N+](=O)[O-])cc1)c1ccc(Cl)cc1. The molecule has 1 aromatic heterocycles. The van der Waals surface area contributed by atoms with Gasteiger partial charge in [-0.05, 0) is 60.7 Å². The summed E-state index contributed by atoms with van der Waals surface area (Å²) in [4.78, 5) is 26.8. The number of rotatable bonds is 6. The lowest BCUT2D eigenvalue weighted by Gasteiger charge is -2.08. The number of non-ortho nitro benzene ring substituents is 1. The Labute approximate surface area is 160 Å². The summed E-state index contributed by atoms with van der Waals surface area (Å²) in [5.41, 5.74) is 1.90. The molecule has 0 bridgehead atoms. The second-order valence-electron chi connectivity index (χ2n) is 5.57. The van der Waals surface area contributed by atoms with Crippen LogP contribution in [0.25, 0.3) is 6.08 Å². The highest BCUT2D eigenvalue weighted by Crippen LogP contribution is 2.22. The molecule has 0 atom stereocenters. The monoisotopic (exact) mass is 379 g/mol. The van der Waals surface area contributed by atoms with E-state index in [0.717, 1.165) is 0 Å². The van der Waals surface area contributed by atoms with E-state index in [4.69, 9.17) is 11.6 Å². The van der Waals surface area contributed by atoms with Crippen LogP contribution in [0.4, 0.5) is 17.2 Å². The molecule has 0 aliphatic rings. The van der Waals surface area contributed by atoms with Gasteiger partial charge in [-0.3, -0.25) is 14.9 Å². The van der Waals surface area contributed by atoms with Crippen molar-refractivity contribution in [3.8, 4) is 0 Å². The predicted octanol–water partition coefficient (Wildman–Crippen LogP) is 5.28. The van der Waals surface area contributed by atoms with Crippen molar-refractivity contribution in [2.24, 2.45) is 0 Å². The number of carbonyl (C=O) groups is 1. The number of ketones is 1. The van der Waals surface area contributed by atoms with Crippen molar-refractivity contribution in [1.29, 1.82) is 0 Å². The molecule has 0 fully saturated rings. The summed E-state index contributed by atoms with van der Waals surface area (Å²) in [5, 5.41) is 14.4. The second kappa shape index (κ2) is 8.25. The number of benzene rings is 2. The first-order chi connectivity index (χ1) is 13.0. The third kappa shape index (κ3) is 4.77. The van der Waals surface area contributed by atoms with E-state index >= 15 is 0 Å². The minimum atomic E-state index is -0.457. The lowest BCUT2D eigenvalue weighted by atomic mass is 10.1. The number of nitro groups is 1. The van der Waals surface area contributed by atoms with Crippen LogP contribution in [0.1, 0.15) is 15.9 Å². The number of anilines is 2. The molecule has 0 amide bonds. The van der Waals surface area contributed by atoms with Crippen LogP contribution in [0.5, 0.6) is 0 Å². The quantitative estimate of drug-likeness (QED) is 0.272. The Kier molecular flexibility index (Phi) is 5.58. The van der Waals surface area contributed by atoms with E-state index in [2.05, 4.69) is 10.3 Å². The van der Waals surface area contributed by atoms with Crippen molar-refractivity contribution in [3.05, 3.63) is 99.2 Å². The van der Waals surface area contributed by atoms with Crippen LogP contribution in [-0.4, -0.2) is 15.7 Å². The zero-order valence-corrected chi connectivity index (χ0v) is 14.8. The van der Waals surface area contributed by atoms with Crippen LogP contribution >= 0.6 is 11.6 Å². The van der Waals surface area contributed by atoms with Gasteiger partial charge in [0.2, 0.25) is 0 Å². The normalized spacial score (nSPS) is 10.7. The minimum Gasteiger partial charge on any atom is -0.340 e. The zero-order chi connectivity index (χ0) is 19.2. The molecule has 3 rings (SSSR count). The van der Waals surface area contributed by atoms with Gasteiger partial charge in [-0.15, -0.1) is 0 Å². The molecule has 6 nitrogen and oxygen atoms in total. The van der Waals surface area contributed by atoms with Crippen LogP contribution in [0, 0.1) is 10.1 Å². The van der Waals surface area contributed by atoms with Crippen molar-refractivity contribution in [1.82, 2.24) is 4.98 Å². The molecule has 2 aromatic carbocycles. The number of aromatic nitrogens is 1. The van der Waals surface area contributed by atoms with Gasteiger partial charge in [0, 0.05) is 40.2 Å². The van der Waals surface area contributed by atoms with E-state index in [1.165, 1.54) is 18.2 Å². The number of allylic oxidation sites excluding steroid dienone is 1. The molecule has 0 aliphatic carbocycles. The molecular weight excluding hydrogens is 366 g/mol. The number of halogens is 1. The zero-order valence-electron chi connectivity index (χ0n) is 14.0. The molecule has 0 radical (unpaired) electrons. The number of nitro benzene ring substituents is 1. The fraction of sp³-hybridized carbons (Fsp3) is 0. The van der Waals surface area contributed by atoms with Crippen molar-refractivity contribution in [2.45, 2.75) is 0 Å². The van der Waals surface area contributed by atoms with E-state index in [9.17, 15) is 14.9 Å². The standard InChI is InChI=1S/C20H14ClN3O3/c21-16-6-3-14(4-7-16)19(25)12-5-15-2-1-13-22-20(15)23-17-8-10-18(11-9-17)24(26)27/h1-13H,(H,22,23). The molecule has 134 valence electrons. The Morgan fingerprint density at radius 2 is 1.78 bits per heavy atom. The molecule has 0 spiro atoms. The van der Waals surface area contributed by atoms with Crippen LogP contribution in [0.2, 0.25) is 5.02 Å².